The van der Waals surface area contributed by atoms with Crippen LogP contribution in [-0.4, -0.2) is 11.2 Å². The van der Waals surface area contributed by atoms with Crippen LogP contribution in [0.25, 0.3) is 0 Å². The predicted molar refractivity (Wildman–Crippen MR) is 58.5 cm³/mol. The zero-order valence-electron chi connectivity index (χ0n) is 8.63. The number of halogens is 2. The number of rotatable bonds is 3. The molecule has 1 aliphatic carbocycles. The lowest BCUT2D eigenvalue weighted by atomic mass is 9.95. The average Bonchev–Trinajstić information content (AvgIpc) is 2.93. The van der Waals surface area contributed by atoms with E-state index < -0.39 is 11.9 Å². The van der Waals surface area contributed by atoms with E-state index in [9.17, 15) is 9.50 Å². The standard InChI is InChI=1S/C12H14ClFO/c1-12(5-6-12)10(15)7-8-3-2-4-9(13)11(8)14/h2-4,10,15H,5-7H2,1H3. The van der Waals surface area contributed by atoms with Gasteiger partial charge < -0.3 is 5.11 Å². The van der Waals surface area contributed by atoms with Gasteiger partial charge in [-0.15, -0.1) is 0 Å². The van der Waals surface area contributed by atoms with Crippen LogP contribution in [0.4, 0.5) is 4.39 Å². The number of benzene rings is 1. The summed E-state index contributed by atoms with van der Waals surface area (Å²) in [6, 6.07) is 4.91. The van der Waals surface area contributed by atoms with Crippen LogP contribution < -0.4 is 0 Å². The fraction of sp³-hybridized carbons (Fsp3) is 0.500. The van der Waals surface area contributed by atoms with Gasteiger partial charge in [0.05, 0.1) is 11.1 Å². The monoisotopic (exact) mass is 228 g/mol. The summed E-state index contributed by atoms with van der Waals surface area (Å²) in [7, 11) is 0. The fourth-order valence-corrected chi connectivity index (χ4v) is 1.89. The Morgan fingerprint density at radius 3 is 2.80 bits per heavy atom. The normalized spacial score (nSPS) is 20.0. The second-order valence-corrected chi connectivity index (χ2v) is 4.99. The van der Waals surface area contributed by atoms with Gasteiger partial charge in [-0.25, -0.2) is 4.39 Å². The first-order valence-corrected chi connectivity index (χ1v) is 5.52. The second kappa shape index (κ2) is 3.76. The molecule has 1 unspecified atom stereocenters. The Morgan fingerprint density at radius 1 is 1.53 bits per heavy atom. The molecule has 1 aromatic rings. The van der Waals surface area contributed by atoms with Crippen molar-refractivity contribution in [3.8, 4) is 0 Å². The molecule has 3 heteroatoms. The molecule has 2 rings (SSSR count). The summed E-state index contributed by atoms with van der Waals surface area (Å²) in [6.07, 6.45) is 1.93. The van der Waals surface area contributed by atoms with Crippen molar-refractivity contribution in [1.29, 1.82) is 0 Å². The predicted octanol–water partition coefficient (Wildman–Crippen LogP) is 3.18. The van der Waals surface area contributed by atoms with E-state index in [-0.39, 0.29) is 10.4 Å². The SMILES string of the molecule is CC1(C(O)Cc2cccc(Cl)c2F)CC1. The molecule has 0 saturated heterocycles. The van der Waals surface area contributed by atoms with E-state index in [2.05, 4.69) is 0 Å². The van der Waals surface area contributed by atoms with Crippen LogP contribution in [0.5, 0.6) is 0 Å². The van der Waals surface area contributed by atoms with E-state index in [1.165, 1.54) is 6.07 Å². The van der Waals surface area contributed by atoms with Crippen molar-refractivity contribution in [3.05, 3.63) is 34.6 Å². The van der Waals surface area contributed by atoms with Crippen molar-refractivity contribution < 1.29 is 9.50 Å². The van der Waals surface area contributed by atoms with Gasteiger partial charge in [-0.05, 0) is 29.9 Å². The Morgan fingerprint density at radius 2 is 2.20 bits per heavy atom. The van der Waals surface area contributed by atoms with Gasteiger partial charge in [0.15, 0.2) is 0 Å². The van der Waals surface area contributed by atoms with Crippen LogP contribution >= 0.6 is 11.6 Å². The molecule has 0 bridgehead atoms. The lowest BCUT2D eigenvalue weighted by Gasteiger charge is -2.17. The highest BCUT2D eigenvalue weighted by Gasteiger charge is 2.44. The van der Waals surface area contributed by atoms with Crippen LogP contribution in [0.15, 0.2) is 18.2 Å². The summed E-state index contributed by atoms with van der Waals surface area (Å²) in [4.78, 5) is 0. The summed E-state index contributed by atoms with van der Waals surface area (Å²) in [6.45, 7) is 2.03. The third-order valence-corrected chi connectivity index (χ3v) is 3.58. The highest BCUT2D eigenvalue weighted by Crippen LogP contribution is 2.49. The molecule has 1 nitrogen and oxygen atoms in total. The molecule has 0 heterocycles. The Hall–Kier alpha value is -0.600. The van der Waals surface area contributed by atoms with Crippen molar-refractivity contribution in [1.82, 2.24) is 0 Å². The van der Waals surface area contributed by atoms with Crippen molar-refractivity contribution in [2.45, 2.75) is 32.3 Å². The molecule has 0 spiro atoms. The van der Waals surface area contributed by atoms with E-state index in [4.69, 9.17) is 11.6 Å². The van der Waals surface area contributed by atoms with Gasteiger partial charge in [-0.2, -0.15) is 0 Å². The minimum Gasteiger partial charge on any atom is -0.392 e. The van der Waals surface area contributed by atoms with E-state index in [1.54, 1.807) is 12.1 Å². The molecule has 1 saturated carbocycles. The van der Waals surface area contributed by atoms with E-state index in [1.807, 2.05) is 6.92 Å². The van der Waals surface area contributed by atoms with Crippen LogP contribution in [0.2, 0.25) is 5.02 Å². The highest BCUT2D eigenvalue weighted by atomic mass is 35.5. The van der Waals surface area contributed by atoms with Gasteiger partial charge >= 0.3 is 0 Å². The van der Waals surface area contributed by atoms with Gasteiger partial charge in [0.25, 0.3) is 0 Å². The van der Waals surface area contributed by atoms with E-state index in [0.717, 1.165) is 12.8 Å². The van der Waals surface area contributed by atoms with Gasteiger partial charge in [0, 0.05) is 6.42 Å². The average molecular weight is 229 g/mol. The smallest absolute Gasteiger partial charge is 0.145 e. The maximum absolute atomic E-state index is 13.5. The fourth-order valence-electron chi connectivity index (χ4n) is 1.69. The molecule has 1 N–H and O–H groups in total. The van der Waals surface area contributed by atoms with Crippen molar-refractivity contribution in [3.63, 3.8) is 0 Å². The molecular weight excluding hydrogens is 215 g/mol. The molecular formula is C12H14ClFO. The molecule has 1 atom stereocenters. The molecule has 15 heavy (non-hydrogen) atoms. The third-order valence-electron chi connectivity index (χ3n) is 3.29. The molecule has 0 amide bonds. The minimum absolute atomic E-state index is 0.00520. The van der Waals surface area contributed by atoms with Gasteiger partial charge in [-0.3, -0.25) is 0 Å². The largest absolute Gasteiger partial charge is 0.392 e. The Kier molecular flexibility index (Phi) is 2.73. The van der Waals surface area contributed by atoms with E-state index >= 15 is 0 Å². The Bertz CT molecular complexity index is 374. The molecule has 0 radical (unpaired) electrons. The first kappa shape index (κ1) is 10.9. The molecule has 82 valence electrons. The summed E-state index contributed by atoms with van der Waals surface area (Å²) < 4.78 is 13.5. The molecule has 0 aliphatic heterocycles. The molecule has 1 aromatic carbocycles. The summed E-state index contributed by atoms with van der Waals surface area (Å²) in [5.41, 5.74) is 0.498. The summed E-state index contributed by atoms with van der Waals surface area (Å²) >= 11 is 5.67. The quantitative estimate of drug-likeness (QED) is 0.843. The number of hydrogen-bond donors (Lipinski definition) is 1. The molecule has 1 aliphatic rings. The maximum Gasteiger partial charge on any atom is 0.145 e. The zero-order valence-corrected chi connectivity index (χ0v) is 9.39. The van der Waals surface area contributed by atoms with Gasteiger partial charge in [-0.1, -0.05) is 30.7 Å². The second-order valence-electron chi connectivity index (χ2n) is 4.59. The van der Waals surface area contributed by atoms with Crippen molar-refractivity contribution in [2.24, 2.45) is 5.41 Å². The first-order valence-electron chi connectivity index (χ1n) is 5.14. The van der Waals surface area contributed by atoms with Crippen molar-refractivity contribution >= 4 is 11.6 Å². The minimum atomic E-state index is -0.467. The van der Waals surface area contributed by atoms with Gasteiger partial charge in [0.2, 0.25) is 0 Å². The number of aliphatic hydroxyl groups excluding tert-OH is 1. The first-order chi connectivity index (χ1) is 7.03. The lowest BCUT2D eigenvalue weighted by molar-refractivity contribution is 0.102. The lowest BCUT2D eigenvalue weighted by Crippen LogP contribution is -2.22. The van der Waals surface area contributed by atoms with Crippen LogP contribution in [-0.2, 0) is 6.42 Å². The van der Waals surface area contributed by atoms with E-state index in [0.29, 0.717) is 12.0 Å². The van der Waals surface area contributed by atoms with Crippen LogP contribution in [0.1, 0.15) is 25.3 Å². The summed E-state index contributed by atoms with van der Waals surface area (Å²) in [5, 5.41) is 10.0. The molecule has 1 fully saturated rings. The number of aliphatic hydroxyl groups is 1. The third kappa shape index (κ3) is 2.16. The number of hydrogen-bond acceptors (Lipinski definition) is 1. The topological polar surface area (TPSA) is 20.2 Å². The Balaban J connectivity index is 2.14. The van der Waals surface area contributed by atoms with Crippen LogP contribution in [0.3, 0.4) is 0 Å². The van der Waals surface area contributed by atoms with Gasteiger partial charge in [0.1, 0.15) is 5.82 Å². The maximum atomic E-state index is 13.5. The van der Waals surface area contributed by atoms with Crippen LogP contribution in [0, 0.1) is 11.2 Å². The zero-order chi connectivity index (χ0) is 11.1. The summed E-state index contributed by atoms with van der Waals surface area (Å²) in [5.74, 6) is -0.400. The van der Waals surface area contributed by atoms with Crippen molar-refractivity contribution in [2.75, 3.05) is 0 Å². The Labute approximate surface area is 93.9 Å². The molecule has 0 aromatic heterocycles. The highest BCUT2D eigenvalue weighted by molar-refractivity contribution is 6.30.